The van der Waals surface area contributed by atoms with Crippen molar-refractivity contribution in [2.24, 2.45) is 0 Å². The molecule has 1 heterocycles. The van der Waals surface area contributed by atoms with Crippen LogP contribution in [0.5, 0.6) is 5.75 Å². The number of quaternary nitrogens is 1. The predicted octanol–water partition coefficient (Wildman–Crippen LogP) is 2.34. The second-order valence-corrected chi connectivity index (χ2v) is 6.90. The Labute approximate surface area is 159 Å². The van der Waals surface area contributed by atoms with Crippen molar-refractivity contribution in [3.05, 3.63) is 71.0 Å². The van der Waals surface area contributed by atoms with E-state index in [1.165, 1.54) is 50.7 Å². The van der Waals surface area contributed by atoms with E-state index in [1.807, 2.05) is 0 Å². The Morgan fingerprint density at radius 3 is 2.52 bits per heavy atom. The molecule has 0 aliphatic carbocycles. The third-order valence-corrected chi connectivity index (χ3v) is 4.86. The quantitative estimate of drug-likeness (QED) is 0.736. The van der Waals surface area contributed by atoms with Gasteiger partial charge in [0.1, 0.15) is 6.54 Å². The van der Waals surface area contributed by atoms with Crippen LogP contribution in [0.1, 0.15) is 29.5 Å². The van der Waals surface area contributed by atoms with Crippen LogP contribution >= 0.6 is 0 Å². The van der Waals surface area contributed by atoms with Crippen LogP contribution in [0.2, 0.25) is 0 Å². The molecule has 0 atom stereocenters. The SMILES string of the molecule is COc1ccc(/C=C/C(=O)NCc2ccc(C[NH+]3CCCC3)cc2)cc1F. The normalized spacial score (nSPS) is 14.6. The Kier molecular flexibility index (Phi) is 6.60. The van der Waals surface area contributed by atoms with Crippen molar-refractivity contribution in [3.63, 3.8) is 0 Å². The molecule has 3 rings (SSSR count). The number of likely N-dealkylation sites (tertiary alicyclic amines) is 1. The van der Waals surface area contributed by atoms with E-state index in [0.717, 1.165) is 12.1 Å². The minimum atomic E-state index is -0.448. The third-order valence-electron chi connectivity index (χ3n) is 4.86. The molecule has 0 aromatic heterocycles. The van der Waals surface area contributed by atoms with Crippen LogP contribution in [-0.4, -0.2) is 26.1 Å². The number of amides is 1. The second kappa shape index (κ2) is 9.33. The van der Waals surface area contributed by atoms with Gasteiger partial charge in [-0.1, -0.05) is 30.3 Å². The Morgan fingerprint density at radius 1 is 1.15 bits per heavy atom. The maximum absolute atomic E-state index is 13.6. The monoisotopic (exact) mass is 369 g/mol. The second-order valence-electron chi connectivity index (χ2n) is 6.90. The van der Waals surface area contributed by atoms with E-state index >= 15 is 0 Å². The van der Waals surface area contributed by atoms with Gasteiger partial charge >= 0.3 is 0 Å². The lowest BCUT2D eigenvalue weighted by molar-refractivity contribution is -0.901. The highest BCUT2D eigenvalue weighted by Crippen LogP contribution is 2.18. The molecule has 0 spiro atoms. The zero-order valence-electron chi connectivity index (χ0n) is 15.6. The fourth-order valence-corrected chi connectivity index (χ4v) is 3.32. The first kappa shape index (κ1) is 19.1. The van der Waals surface area contributed by atoms with E-state index in [0.29, 0.717) is 12.1 Å². The summed E-state index contributed by atoms with van der Waals surface area (Å²) in [5.74, 6) is -0.473. The van der Waals surface area contributed by atoms with Crippen LogP contribution in [0.25, 0.3) is 6.08 Å². The molecule has 2 N–H and O–H groups in total. The highest BCUT2D eigenvalue weighted by Gasteiger charge is 2.15. The summed E-state index contributed by atoms with van der Waals surface area (Å²) in [6.45, 7) is 4.08. The summed E-state index contributed by atoms with van der Waals surface area (Å²) in [6.07, 6.45) is 5.65. The van der Waals surface area contributed by atoms with Crippen molar-refractivity contribution in [2.75, 3.05) is 20.2 Å². The summed E-state index contributed by atoms with van der Waals surface area (Å²) in [6, 6.07) is 13.0. The first-order valence-corrected chi connectivity index (χ1v) is 9.35. The molecule has 0 unspecified atom stereocenters. The molecule has 0 radical (unpaired) electrons. The van der Waals surface area contributed by atoms with Crippen LogP contribution in [0.4, 0.5) is 4.39 Å². The molecule has 4 nitrogen and oxygen atoms in total. The summed E-state index contributed by atoms with van der Waals surface area (Å²) in [5.41, 5.74) is 3.01. The maximum atomic E-state index is 13.6. The topological polar surface area (TPSA) is 42.8 Å². The summed E-state index contributed by atoms with van der Waals surface area (Å²) in [7, 11) is 1.42. The molecule has 1 amide bonds. The van der Waals surface area contributed by atoms with Gasteiger partial charge in [-0.2, -0.15) is 0 Å². The van der Waals surface area contributed by atoms with Crippen molar-refractivity contribution in [1.29, 1.82) is 0 Å². The van der Waals surface area contributed by atoms with Crippen molar-refractivity contribution in [3.8, 4) is 5.75 Å². The number of halogens is 1. The van der Waals surface area contributed by atoms with Gasteiger partial charge in [-0.05, 0) is 29.3 Å². The lowest BCUT2D eigenvalue weighted by atomic mass is 10.1. The molecule has 1 fully saturated rings. The van der Waals surface area contributed by atoms with Gasteiger partial charge in [0.2, 0.25) is 5.91 Å². The van der Waals surface area contributed by atoms with Crippen LogP contribution in [0.3, 0.4) is 0 Å². The standard InChI is InChI=1S/C22H25FN2O2/c1-27-21-10-8-17(14-20(21)23)9-11-22(26)24-15-18-4-6-19(7-5-18)16-25-12-2-3-13-25/h4-11,14H,2-3,12-13,15-16H2,1H3,(H,24,26)/p+1/b11-9+. The lowest BCUT2D eigenvalue weighted by Crippen LogP contribution is -3.08. The first-order chi connectivity index (χ1) is 13.1. The number of methoxy groups -OCH3 is 1. The van der Waals surface area contributed by atoms with Gasteiger partial charge in [-0.3, -0.25) is 4.79 Å². The van der Waals surface area contributed by atoms with Crippen molar-refractivity contribution in [2.45, 2.75) is 25.9 Å². The smallest absolute Gasteiger partial charge is 0.244 e. The number of carbonyl (C=O) groups is 1. The van der Waals surface area contributed by atoms with Crippen molar-refractivity contribution in [1.82, 2.24) is 5.32 Å². The summed E-state index contributed by atoms with van der Waals surface area (Å²) < 4.78 is 18.5. The van der Waals surface area contributed by atoms with E-state index in [9.17, 15) is 9.18 Å². The minimum absolute atomic E-state index is 0.186. The average molecular weight is 369 g/mol. The minimum Gasteiger partial charge on any atom is -0.494 e. The van der Waals surface area contributed by atoms with Crippen molar-refractivity contribution >= 4 is 12.0 Å². The molecule has 27 heavy (non-hydrogen) atoms. The van der Waals surface area contributed by atoms with Gasteiger partial charge in [0.25, 0.3) is 0 Å². The van der Waals surface area contributed by atoms with Crippen LogP contribution in [0, 0.1) is 5.82 Å². The van der Waals surface area contributed by atoms with Crippen LogP contribution in [0.15, 0.2) is 48.5 Å². The summed E-state index contributed by atoms with van der Waals surface area (Å²) >= 11 is 0. The molecule has 2 aromatic carbocycles. The maximum Gasteiger partial charge on any atom is 0.244 e. The number of hydrogen-bond donors (Lipinski definition) is 2. The number of nitrogens with one attached hydrogen (secondary N) is 2. The van der Waals surface area contributed by atoms with Gasteiger partial charge in [-0.15, -0.1) is 0 Å². The highest BCUT2D eigenvalue weighted by atomic mass is 19.1. The Hall–Kier alpha value is -2.66. The van der Waals surface area contributed by atoms with Gasteiger partial charge in [0.05, 0.1) is 20.2 Å². The van der Waals surface area contributed by atoms with Gasteiger partial charge < -0.3 is 15.0 Å². The molecule has 1 saturated heterocycles. The van der Waals surface area contributed by atoms with Crippen LogP contribution in [-0.2, 0) is 17.9 Å². The number of carbonyl (C=O) groups excluding carboxylic acids is 1. The fourth-order valence-electron chi connectivity index (χ4n) is 3.32. The Bertz CT molecular complexity index is 796. The molecule has 2 aromatic rings. The van der Waals surface area contributed by atoms with E-state index in [1.54, 1.807) is 23.1 Å². The molecule has 0 saturated carbocycles. The summed E-state index contributed by atoms with van der Waals surface area (Å²) in [4.78, 5) is 13.6. The fraction of sp³-hybridized carbons (Fsp3) is 0.318. The molecule has 142 valence electrons. The predicted molar refractivity (Wildman–Crippen MR) is 104 cm³/mol. The molecule has 0 bridgehead atoms. The van der Waals surface area contributed by atoms with Crippen LogP contribution < -0.4 is 15.0 Å². The number of ether oxygens (including phenoxy) is 1. The summed E-state index contributed by atoms with van der Waals surface area (Å²) in [5, 5.41) is 2.85. The number of benzene rings is 2. The number of rotatable bonds is 7. The van der Waals surface area contributed by atoms with Gasteiger partial charge in [0.15, 0.2) is 11.6 Å². The van der Waals surface area contributed by atoms with E-state index < -0.39 is 5.82 Å². The largest absolute Gasteiger partial charge is 0.494 e. The zero-order chi connectivity index (χ0) is 19.1. The Morgan fingerprint density at radius 2 is 1.85 bits per heavy atom. The number of hydrogen-bond acceptors (Lipinski definition) is 2. The van der Waals surface area contributed by atoms with Crippen molar-refractivity contribution < 1.29 is 18.8 Å². The lowest BCUT2D eigenvalue weighted by Gasteiger charge is -2.12. The van der Waals surface area contributed by atoms with E-state index in [2.05, 4.69) is 29.6 Å². The van der Waals surface area contributed by atoms with Gasteiger partial charge in [-0.25, -0.2) is 4.39 Å². The Balaban J connectivity index is 1.47. The molecular formula is C22H26FN2O2+. The molecular weight excluding hydrogens is 343 g/mol. The van der Waals surface area contributed by atoms with E-state index in [4.69, 9.17) is 4.74 Å². The average Bonchev–Trinajstić information content (AvgIpc) is 3.19. The first-order valence-electron chi connectivity index (χ1n) is 9.35. The molecule has 1 aliphatic heterocycles. The van der Waals surface area contributed by atoms with Gasteiger partial charge in [0, 0.05) is 31.0 Å². The zero-order valence-corrected chi connectivity index (χ0v) is 15.6. The third kappa shape index (κ3) is 5.66. The molecule has 1 aliphatic rings. The van der Waals surface area contributed by atoms with E-state index in [-0.39, 0.29) is 11.7 Å². The highest BCUT2D eigenvalue weighted by molar-refractivity contribution is 5.91. The molecule has 5 heteroatoms.